The van der Waals surface area contributed by atoms with E-state index in [-0.39, 0.29) is 0 Å². The highest BCUT2D eigenvalue weighted by Crippen LogP contribution is 2.30. The van der Waals surface area contributed by atoms with E-state index in [2.05, 4.69) is 39.3 Å². The normalized spacial score (nSPS) is 12.6. The standard InChI is InChI=1S/C16H21BrClN3/c1-4-14-16(17)15(21(3)20-14)9-11(10-19-2)12-7-5-6-8-13(12)18/h5-8,11,19H,4,9-10H2,1-3H3. The van der Waals surface area contributed by atoms with Crippen LogP contribution in [-0.4, -0.2) is 23.4 Å². The first kappa shape index (κ1) is 16.5. The zero-order valence-corrected chi connectivity index (χ0v) is 15.0. The van der Waals surface area contributed by atoms with Crippen molar-refractivity contribution in [1.29, 1.82) is 0 Å². The van der Waals surface area contributed by atoms with E-state index in [9.17, 15) is 0 Å². The van der Waals surface area contributed by atoms with E-state index < -0.39 is 0 Å². The molecule has 5 heteroatoms. The van der Waals surface area contributed by atoms with Crippen LogP contribution in [0.3, 0.4) is 0 Å². The van der Waals surface area contributed by atoms with E-state index in [1.165, 1.54) is 11.3 Å². The molecule has 0 aliphatic heterocycles. The number of aryl methyl sites for hydroxylation is 2. The first-order chi connectivity index (χ1) is 10.1. The van der Waals surface area contributed by atoms with Gasteiger partial charge in [0.25, 0.3) is 0 Å². The van der Waals surface area contributed by atoms with E-state index >= 15 is 0 Å². The van der Waals surface area contributed by atoms with E-state index in [1.807, 2.05) is 37.0 Å². The van der Waals surface area contributed by atoms with Crippen molar-refractivity contribution in [3.8, 4) is 0 Å². The van der Waals surface area contributed by atoms with Crippen molar-refractivity contribution < 1.29 is 0 Å². The maximum Gasteiger partial charge on any atom is 0.0766 e. The Kier molecular flexibility index (Phi) is 5.85. The summed E-state index contributed by atoms with van der Waals surface area (Å²) in [5, 5.41) is 8.67. The predicted octanol–water partition coefficient (Wildman–Crippen LogP) is 3.94. The van der Waals surface area contributed by atoms with Crippen LogP contribution in [0.15, 0.2) is 28.7 Å². The van der Waals surface area contributed by atoms with Gasteiger partial charge in [-0.25, -0.2) is 0 Å². The molecule has 114 valence electrons. The van der Waals surface area contributed by atoms with Gasteiger partial charge < -0.3 is 5.32 Å². The van der Waals surface area contributed by atoms with Crippen molar-refractivity contribution in [2.24, 2.45) is 7.05 Å². The molecule has 21 heavy (non-hydrogen) atoms. The second-order valence-corrected chi connectivity index (χ2v) is 6.36. The summed E-state index contributed by atoms with van der Waals surface area (Å²) >= 11 is 10.1. The molecule has 0 aliphatic rings. The summed E-state index contributed by atoms with van der Waals surface area (Å²) < 4.78 is 3.10. The third-order valence-electron chi connectivity index (χ3n) is 3.74. The van der Waals surface area contributed by atoms with Crippen LogP contribution in [0.5, 0.6) is 0 Å². The van der Waals surface area contributed by atoms with Crippen LogP contribution in [0.25, 0.3) is 0 Å². The molecule has 0 saturated heterocycles. The summed E-state index contributed by atoms with van der Waals surface area (Å²) in [6.45, 7) is 3.00. The summed E-state index contributed by atoms with van der Waals surface area (Å²) in [4.78, 5) is 0. The molecular weight excluding hydrogens is 350 g/mol. The van der Waals surface area contributed by atoms with Crippen LogP contribution in [0.2, 0.25) is 5.02 Å². The first-order valence-corrected chi connectivity index (χ1v) is 8.34. The zero-order chi connectivity index (χ0) is 15.4. The van der Waals surface area contributed by atoms with Gasteiger partial charge in [0.1, 0.15) is 0 Å². The smallest absolute Gasteiger partial charge is 0.0766 e. The fourth-order valence-electron chi connectivity index (χ4n) is 2.62. The first-order valence-electron chi connectivity index (χ1n) is 7.17. The summed E-state index contributed by atoms with van der Waals surface area (Å²) in [5.74, 6) is 0.320. The summed E-state index contributed by atoms with van der Waals surface area (Å²) in [7, 11) is 3.97. The predicted molar refractivity (Wildman–Crippen MR) is 92.1 cm³/mol. The lowest BCUT2D eigenvalue weighted by Crippen LogP contribution is -2.20. The van der Waals surface area contributed by atoms with Crippen LogP contribution >= 0.6 is 27.5 Å². The molecule has 1 heterocycles. The quantitative estimate of drug-likeness (QED) is 0.834. The maximum atomic E-state index is 6.37. The Bertz CT molecular complexity index is 610. The lowest BCUT2D eigenvalue weighted by Gasteiger charge is -2.19. The largest absolute Gasteiger partial charge is 0.319 e. The molecule has 2 rings (SSSR count). The molecule has 0 bridgehead atoms. The molecule has 1 N–H and O–H groups in total. The Labute approximate surface area is 139 Å². The highest BCUT2D eigenvalue weighted by Gasteiger charge is 2.20. The Morgan fingerprint density at radius 3 is 2.67 bits per heavy atom. The average molecular weight is 371 g/mol. The molecule has 0 radical (unpaired) electrons. The van der Waals surface area contributed by atoms with Crippen molar-refractivity contribution in [2.75, 3.05) is 13.6 Å². The number of nitrogens with one attached hydrogen (secondary N) is 1. The number of hydrogen-bond acceptors (Lipinski definition) is 2. The minimum absolute atomic E-state index is 0.320. The van der Waals surface area contributed by atoms with Gasteiger partial charge in [0.2, 0.25) is 0 Å². The van der Waals surface area contributed by atoms with Gasteiger partial charge in [-0.1, -0.05) is 36.7 Å². The summed E-state index contributed by atoms with van der Waals surface area (Å²) in [6.07, 6.45) is 1.83. The number of halogens is 2. The zero-order valence-electron chi connectivity index (χ0n) is 12.7. The van der Waals surface area contributed by atoms with E-state index in [0.717, 1.165) is 34.6 Å². The molecule has 1 aromatic heterocycles. The fraction of sp³-hybridized carbons (Fsp3) is 0.438. The molecule has 2 aromatic rings. The molecular formula is C16H21BrClN3. The highest BCUT2D eigenvalue weighted by molar-refractivity contribution is 9.10. The van der Waals surface area contributed by atoms with Gasteiger partial charge in [0, 0.05) is 24.5 Å². The van der Waals surface area contributed by atoms with Crippen molar-refractivity contribution in [3.05, 3.63) is 50.7 Å². The second kappa shape index (κ2) is 7.43. The SMILES string of the molecule is CCc1nn(C)c(CC(CNC)c2ccccc2Cl)c1Br. The van der Waals surface area contributed by atoms with Gasteiger partial charge in [-0.05, 0) is 47.4 Å². The van der Waals surface area contributed by atoms with Crippen molar-refractivity contribution in [2.45, 2.75) is 25.7 Å². The number of benzene rings is 1. The molecule has 1 unspecified atom stereocenters. The van der Waals surface area contributed by atoms with Gasteiger partial charge in [0.05, 0.1) is 15.9 Å². The van der Waals surface area contributed by atoms with Crippen LogP contribution in [-0.2, 0) is 19.9 Å². The molecule has 1 aromatic carbocycles. The van der Waals surface area contributed by atoms with Crippen LogP contribution in [0.1, 0.15) is 29.8 Å². The average Bonchev–Trinajstić information content (AvgIpc) is 2.74. The van der Waals surface area contributed by atoms with Crippen molar-refractivity contribution in [1.82, 2.24) is 15.1 Å². The van der Waals surface area contributed by atoms with Gasteiger partial charge in [-0.2, -0.15) is 5.10 Å². The van der Waals surface area contributed by atoms with Gasteiger partial charge in [-0.15, -0.1) is 0 Å². The minimum atomic E-state index is 0.320. The Morgan fingerprint density at radius 1 is 1.38 bits per heavy atom. The third kappa shape index (κ3) is 3.68. The third-order valence-corrected chi connectivity index (χ3v) is 5.00. The molecule has 0 amide bonds. The monoisotopic (exact) mass is 369 g/mol. The lowest BCUT2D eigenvalue weighted by atomic mass is 9.94. The summed E-state index contributed by atoms with van der Waals surface area (Å²) in [5.41, 5.74) is 3.50. The molecule has 0 aliphatic carbocycles. The number of rotatable bonds is 6. The lowest BCUT2D eigenvalue weighted by molar-refractivity contribution is 0.589. The number of aromatic nitrogens is 2. The van der Waals surface area contributed by atoms with E-state index in [4.69, 9.17) is 11.6 Å². The minimum Gasteiger partial charge on any atom is -0.319 e. The maximum absolute atomic E-state index is 6.37. The molecule has 1 atom stereocenters. The highest BCUT2D eigenvalue weighted by atomic mass is 79.9. The van der Waals surface area contributed by atoms with Crippen LogP contribution in [0.4, 0.5) is 0 Å². The number of hydrogen-bond donors (Lipinski definition) is 1. The van der Waals surface area contributed by atoms with E-state index in [1.54, 1.807) is 0 Å². The second-order valence-electron chi connectivity index (χ2n) is 5.16. The topological polar surface area (TPSA) is 29.9 Å². The Morgan fingerprint density at radius 2 is 2.10 bits per heavy atom. The molecule has 3 nitrogen and oxygen atoms in total. The van der Waals surface area contributed by atoms with Crippen LogP contribution in [0, 0.1) is 0 Å². The van der Waals surface area contributed by atoms with Gasteiger partial charge in [-0.3, -0.25) is 4.68 Å². The fourth-order valence-corrected chi connectivity index (χ4v) is 3.69. The van der Waals surface area contributed by atoms with Crippen molar-refractivity contribution >= 4 is 27.5 Å². The van der Waals surface area contributed by atoms with Crippen molar-refractivity contribution in [3.63, 3.8) is 0 Å². The molecule has 0 spiro atoms. The number of nitrogens with zero attached hydrogens (tertiary/aromatic N) is 2. The van der Waals surface area contributed by atoms with Crippen LogP contribution < -0.4 is 5.32 Å². The molecule has 0 fully saturated rings. The summed E-state index contributed by atoms with van der Waals surface area (Å²) in [6, 6.07) is 8.07. The van der Waals surface area contributed by atoms with E-state index in [0.29, 0.717) is 5.92 Å². The Balaban J connectivity index is 2.33. The van der Waals surface area contributed by atoms with Gasteiger partial charge >= 0.3 is 0 Å². The Hall–Kier alpha value is -0.840. The number of likely N-dealkylation sites (N-methyl/N-ethyl adjacent to an activating group) is 1. The molecule has 0 saturated carbocycles. The van der Waals surface area contributed by atoms with Gasteiger partial charge in [0.15, 0.2) is 0 Å².